The Kier molecular flexibility index (Phi) is 7.58. The van der Waals surface area contributed by atoms with Crippen molar-refractivity contribution in [3.8, 4) is 0 Å². The van der Waals surface area contributed by atoms with E-state index in [1.54, 1.807) is 0 Å². The average Bonchev–Trinajstić information content (AvgIpc) is 2.12. The van der Waals surface area contributed by atoms with Gasteiger partial charge in [-0.1, -0.05) is 46.5 Å². The first-order chi connectivity index (χ1) is 5.74. The number of hydrogen-bond donors (Lipinski definition) is 1. The second-order valence-corrected chi connectivity index (χ2v) is 3.95. The maximum atomic E-state index is 5.55. The Morgan fingerprint density at radius 3 is 2.08 bits per heavy atom. The van der Waals surface area contributed by atoms with E-state index in [9.17, 15) is 0 Å². The van der Waals surface area contributed by atoms with Gasteiger partial charge in [-0.3, -0.25) is 0 Å². The standard InChI is InChI=1S/C11H25N/c1-4-11(5-2)8-6-7-10(3)9-12/h10-11H,4-9,12H2,1-3H3. The summed E-state index contributed by atoms with van der Waals surface area (Å²) in [5, 5.41) is 0. The lowest BCUT2D eigenvalue weighted by Crippen LogP contribution is -2.10. The van der Waals surface area contributed by atoms with Gasteiger partial charge >= 0.3 is 0 Å². The van der Waals surface area contributed by atoms with Crippen molar-refractivity contribution in [2.24, 2.45) is 17.6 Å². The fourth-order valence-corrected chi connectivity index (χ4v) is 1.57. The molecule has 0 amide bonds. The molecule has 1 nitrogen and oxygen atoms in total. The van der Waals surface area contributed by atoms with Crippen LogP contribution in [0.4, 0.5) is 0 Å². The minimum atomic E-state index is 0.722. The summed E-state index contributed by atoms with van der Waals surface area (Å²) >= 11 is 0. The van der Waals surface area contributed by atoms with E-state index in [1.165, 1.54) is 32.1 Å². The Morgan fingerprint density at radius 2 is 1.67 bits per heavy atom. The van der Waals surface area contributed by atoms with Crippen LogP contribution < -0.4 is 5.73 Å². The first kappa shape index (κ1) is 12.0. The van der Waals surface area contributed by atoms with Crippen molar-refractivity contribution in [3.05, 3.63) is 0 Å². The zero-order valence-corrected chi connectivity index (χ0v) is 8.97. The highest BCUT2D eigenvalue weighted by Gasteiger charge is 2.04. The van der Waals surface area contributed by atoms with Crippen molar-refractivity contribution < 1.29 is 0 Å². The molecule has 0 bridgehead atoms. The normalized spacial score (nSPS) is 13.8. The van der Waals surface area contributed by atoms with Crippen LogP contribution in [0.25, 0.3) is 0 Å². The fraction of sp³-hybridized carbons (Fsp3) is 1.00. The highest BCUT2D eigenvalue weighted by molar-refractivity contribution is 4.58. The molecule has 0 aliphatic heterocycles. The van der Waals surface area contributed by atoms with E-state index in [0.29, 0.717) is 0 Å². The van der Waals surface area contributed by atoms with E-state index in [1.807, 2.05) is 0 Å². The second-order valence-electron chi connectivity index (χ2n) is 3.95. The molecule has 0 aromatic carbocycles. The van der Waals surface area contributed by atoms with Gasteiger partial charge in [0.2, 0.25) is 0 Å². The van der Waals surface area contributed by atoms with Crippen LogP contribution in [0, 0.1) is 11.8 Å². The van der Waals surface area contributed by atoms with Gasteiger partial charge in [-0.25, -0.2) is 0 Å². The van der Waals surface area contributed by atoms with Gasteiger partial charge in [0, 0.05) is 0 Å². The molecule has 0 radical (unpaired) electrons. The van der Waals surface area contributed by atoms with Gasteiger partial charge in [-0.15, -0.1) is 0 Å². The Morgan fingerprint density at radius 1 is 1.08 bits per heavy atom. The van der Waals surface area contributed by atoms with Crippen LogP contribution >= 0.6 is 0 Å². The molecule has 0 aliphatic carbocycles. The summed E-state index contributed by atoms with van der Waals surface area (Å²) in [4.78, 5) is 0. The van der Waals surface area contributed by atoms with E-state index < -0.39 is 0 Å². The lowest BCUT2D eigenvalue weighted by Gasteiger charge is -2.13. The summed E-state index contributed by atoms with van der Waals surface area (Å²) in [6.45, 7) is 7.68. The van der Waals surface area contributed by atoms with Gasteiger partial charge in [-0.05, 0) is 24.8 Å². The quantitative estimate of drug-likeness (QED) is 0.625. The van der Waals surface area contributed by atoms with E-state index in [2.05, 4.69) is 20.8 Å². The Labute approximate surface area is 77.7 Å². The largest absolute Gasteiger partial charge is 0.330 e. The SMILES string of the molecule is CCC(CC)CCCC(C)CN. The molecule has 1 heteroatoms. The number of rotatable bonds is 7. The third-order valence-corrected chi connectivity index (χ3v) is 2.87. The smallest absolute Gasteiger partial charge is 0.00515 e. The fourth-order valence-electron chi connectivity index (χ4n) is 1.57. The van der Waals surface area contributed by atoms with Gasteiger partial charge in [0.15, 0.2) is 0 Å². The van der Waals surface area contributed by atoms with Crippen LogP contribution in [0.1, 0.15) is 52.9 Å². The molecule has 0 spiro atoms. The van der Waals surface area contributed by atoms with Gasteiger partial charge in [0.25, 0.3) is 0 Å². The zero-order valence-electron chi connectivity index (χ0n) is 8.97. The molecule has 0 aromatic rings. The second kappa shape index (κ2) is 7.60. The molecule has 0 aromatic heterocycles. The average molecular weight is 171 g/mol. The topological polar surface area (TPSA) is 26.0 Å². The van der Waals surface area contributed by atoms with Crippen molar-refractivity contribution >= 4 is 0 Å². The molecular formula is C11H25N. The van der Waals surface area contributed by atoms with Crippen LogP contribution in [-0.2, 0) is 0 Å². The van der Waals surface area contributed by atoms with Gasteiger partial charge in [-0.2, -0.15) is 0 Å². The minimum Gasteiger partial charge on any atom is -0.330 e. The molecular weight excluding hydrogens is 146 g/mol. The summed E-state index contributed by atoms with van der Waals surface area (Å²) in [6, 6.07) is 0. The zero-order chi connectivity index (χ0) is 9.40. The lowest BCUT2D eigenvalue weighted by atomic mass is 9.94. The van der Waals surface area contributed by atoms with E-state index in [4.69, 9.17) is 5.73 Å². The molecule has 0 heterocycles. The molecule has 74 valence electrons. The van der Waals surface area contributed by atoms with E-state index >= 15 is 0 Å². The van der Waals surface area contributed by atoms with Crippen LogP contribution in [0.5, 0.6) is 0 Å². The van der Waals surface area contributed by atoms with Crippen LogP contribution in [0.2, 0.25) is 0 Å². The van der Waals surface area contributed by atoms with Crippen molar-refractivity contribution in [2.45, 2.75) is 52.9 Å². The maximum absolute atomic E-state index is 5.55. The molecule has 0 fully saturated rings. The first-order valence-electron chi connectivity index (χ1n) is 5.44. The number of hydrogen-bond acceptors (Lipinski definition) is 1. The summed E-state index contributed by atoms with van der Waals surface area (Å²) in [6.07, 6.45) is 6.76. The Hall–Kier alpha value is -0.0400. The highest BCUT2D eigenvalue weighted by Crippen LogP contribution is 2.17. The lowest BCUT2D eigenvalue weighted by molar-refractivity contribution is 0.405. The maximum Gasteiger partial charge on any atom is -0.00515 e. The van der Waals surface area contributed by atoms with Gasteiger partial charge < -0.3 is 5.73 Å². The highest BCUT2D eigenvalue weighted by atomic mass is 14.5. The molecule has 0 rings (SSSR count). The molecule has 0 saturated heterocycles. The molecule has 1 atom stereocenters. The molecule has 2 N–H and O–H groups in total. The summed E-state index contributed by atoms with van der Waals surface area (Å²) in [7, 11) is 0. The first-order valence-corrected chi connectivity index (χ1v) is 5.44. The van der Waals surface area contributed by atoms with E-state index in [-0.39, 0.29) is 0 Å². The van der Waals surface area contributed by atoms with E-state index in [0.717, 1.165) is 18.4 Å². The Balaban J connectivity index is 3.28. The summed E-state index contributed by atoms with van der Waals surface area (Å²) in [5.41, 5.74) is 5.55. The van der Waals surface area contributed by atoms with Gasteiger partial charge in [0.1, 0.15) is 0 Å². The third-order valence-electron chi connectivity index (χ3n) is 2.87. The van der Waals surface area contributed by atoms with Crippen LogP contribution in [0.15, 0.2) is 0 Å². The third kappa shape index (κ3) is 5.59. The molecule has 1 unspecified atom stereocenters. The summed E-state index contributed by atoms with van der Waals surface area (Å²) < 4.78 is 0. The monoisotopic (exact) mass is 171 g/mol. The van der Waals surface area contributed by atoms with Crippen molar-refractivity contribution in [1.29, 1.82) is 0 Å². The van der Waals surface area contributed by atoms with Crippen LogP contribution in [0.3, 0.4) is 0 Å². The molecule has 0 aliphatic rings. The Bertz CT molecular complexity index is 87.0. The molecule has 0 saturated carbocycles. The van der Waals surface area contributed by atoms with Crippen molar-refractivity contribution in [1.82, 2.24) is 0 Å². The molecule has 12 heavy (non-hydrogen) atoms. The number of nitrogens with two attached hydrogens (primary N) is 1. The van der Waals surface area contributed by atoms with Crippen molar-refractivity contribution in [3.63, 3.8) is 0 Å². The van der Waals surface area contributed by atoms with Crippen molar-refractivity contribution in [2.75, 3.05) is 6.54 Å². The minimum absolute atomic E-state index is 0.722. The summed E-state index contributed by atoms with van der Waals surface area (Å²) in [5.74, 6) is 1.68. The predicted molar refractivity (Wildman–Crippen MR) is 56.1 cm³/mol. The van der Waals surface area contributed by atoms with Crippen LogP contribution in [-0.4, -0.2) is 6.54 Å². The van der Waals surface area contributed by atoms with Gasteiger partial charge in [0.05, 0.1) is 0 Å². The predicted octanol–water partition coefficient (Wildman–Crippen LogP) is 3.19.